The molecule has 8 nitrogen and oxygen atoms in total. The number of nitrogens with zero attached hydrogens (tertiary/aromatic N) is 2. The van der Waals surface area contributed by atoms with Crippen LogP contribution < -0.4 is 31.5 Å². The van der Waals surface area contributed by atoms with Crippen molar-refractivity contribution in [3.63, 3.8) is 0 Å². The largest absolute Gasteiger partial charge is 0.481 e. The minimum atomic E-state index is -0.914. The van der Waals surface area contributed by atoms with Crippen molar-refractivity contribution in [2.75, 3.05) is 22.9 Å². The normalized spacial score (nSPS) is 17.2. The summed E-state index contributed by atoms with van der Waals surface area (Å²) in [5, 5.41) is 9.14. The number of carboxylic acid groups (broad SMARTS) is 1. The molecule has 2 aliphatic rings. The second-order valence-electron chi connectivity index (χ2n) is 11.8. The van der Waals surface area contributed by atoms with Gasteiger partial charge in [0, 0.05) is 69.6 Å². The third kappa shape index (κ3) is 4.49. The SMILES string of the molecule is CCCCN1/C(=C/c2c(-c3c(/C=C4/C=CN(CCC(=O)O)c5ccccc54)c(=O)c3=O)c(=O)c2=O)C(C)(C)c2ccccc21. The van der Waals surface area contributed by atoms with Crippen molar-refractivity contribution in [2.24, 2.45) is 0 Å². The van der Waals surface area contributed by atoms with E-state index in [4.69, 9.17) is 5.11 Å². The van der Waals surface area contributed by atoms with Crippen molar-refractivity contribution in [1.82, 2.24) is 0 Å². The number of aliphatic carboxylic acids is 1. The van der Waals surface area contributed by atoms with Gasteiger partial charge >= 0.3 is 5.97 Å². The highest BCUT2D eigenvalue weighted by atomic mass is 16.4. The fourth-order valence-electron chi connectivity index (χ4n) is 6.39. The Morgan fingerprint density at radius 3 is 2.09 bits per heavy atom. The van der Waals surface area contributed by atoms with E-state index in [1.54, 1.807) is 24.4 Å². The van der Waals surface area contributed by atoms with Gasteiger partial charge in [0.15, 0.2) is 0 Å². The van der Waals surface area contributed by atoms with Crippen molar-refractivity contribution in [3.05, 3.63) is 130 Å². The van der Waals surface area contributed by atoms with Crippen LogP contribution in [0.5, 0.6) is 0 Å². The van der Waals surface area contributed by atoms with Crippen LogP contribution in [0.4, 0.5) is 11.4 Å². The molecule has 1 N–H and O–H groups in total. The van der Waals surface area contributed by atoms with Crippen LogP contribution in [-0.2, 0) is 10.2 Å². The molecule has 222 valence electrons. The minimum absolute atomic E-state index is 0.00249. The van der Waals surface area contributed by atoms with E-state index in [-0.39, 0.29) is 35.2 Å². The summed E-state index contributed by atoms with van der Waals surface area (Å²) in [5.41, 5.74) is 2.02. The molecule has 0 aromatic heterocycles. The summed E-state index contributed by atoms with van der Waals surface area (Å²) in [7, 11) is 0. The zero-order valence-electron chi connectivity index (χ0n) is 24.8. The van der Waals surface area contributed by atoms with Crippen LogP contribution in [0.15, 0.2) is 85.7 Å². The zero-order chi connectivity index (χ0) is 31.3. The molecule has 0 saturated carbocycles. The van der Waals surface area contributed by atoms with E-state index in [2.05, 4.69) is 37.8 Å². The van der Waals surface area contributed by atoms with Crippen molar-refractivity contribution in [2.45, 2.75) is 45.4 Å². The summed E-state index contributed by atoms with van der Waals surface area (Å²) in [6.45, 7) is 7.27. The second-order valence-corrected chi connectivity index (χ2v) is 11.8. The van der Waals surface area contributed by atoms with Gasteiger partial charge in [0.05, 0.1) is 6.42 Å². The number of anilines is 2. The molecular formula is C36H32N2O6. The van der Waals surface area contributed by atoms with E-state index in [1.807, 2.05) is 41.3 Å². The van der Waals surface area contributed by atoms with Gasteiger partial charge in [-0.25, -0.2) is 0 Å². The first-order valence-corrected chi connectivity index (χ1v) is 14.8. The lowest BCUT2D eigenvalue weighted by molar-refractivity contribution is -0.136. The number of benzene rings is 2. The third-order valence-corrected chi connectivity index (χ3v) is 8.79. The number of hydrogen-bond acceptors (Lipinski definition) is 7. The van der Waals surface area contributed by atoms with Crippen LogP contribution >= 0.6 is 0 Å². The minimum Gasteiger partial charge on any atom is -0.481 e. The quantitative estimate of drug-likeness (QED) is 0.277. The molecule has 4 aromatic rings. The van der Waals surface area contributed by atoms with E-state index >= 15 is 0 Å². The number of hydrogen-bond donors (Lipinski definition) is 1. The molecule has 2 heterocycles. The lowest BCUT2D eigenvalue weighted by atomic mass is 9.81. The standard InChI is InChI=1S/C36H32N2O6/c1-4-5-16-38-27-13-9-7-11-25(27)36(2,3)28(38)20-24-31(35(44)33(24)42)30-23(32(41)34(30)43)19-21-14-17-37(18-15-29(39)40)26-12-8-6-10-22(21)26/h6-14,17,19-20H,4-5,15-16,18H2,1-3H3,(H,39,40)/b21-19-,28-20+. The maximum atomic E-state index is 13.0. The van der Waals surface area contributed by atoms with Gasteiger partial charge in [-0.15, -0.1) is 0 Å². The third-order valence-electron chi connectivity index (χ3n) is 8.79. The van der Waals surface area contributed by atoms with Crippen LogP contribution in [0.2, 0.25) is 0 Å². The number of fused-ring (bicyclic) bond motifs is 2. The van der Waals surface area contributed by atoms with Crippen molar-refractivity contribution in [3.8, 4) is 11.1 Å². The van der Waals surface area contributed by atoms with Gasteiger partial charge in [-0.3, -0.25) is 24.0 Å². The lowest BCUT2D eigenvalue weighted by Gasteiger charge is -2.28. The van der Waals surface area contributed by atoms with Gasteiger partial charge in [0.1, 0.15) is 0 Å². The number of carboxylic acids is 1. The smallest absolute Gasteiger partial charge is 0.305 e. The maximum absolute atomic E-state index is 13.0. The van der Waals surface area contributed by atoms with Crippen LogP contribution in [0.3, 0.4) is 0 Å². The van der Waals surface area contributed by atoms with Crippen molar-refractivity contribution < 1.29 is 9.90 Å². The van der Waals surface area contributed by atoms with E-state index in [0.29, 0.717) is 5.57 Å². The van der Waals surface area contributed by atoms with E-state index in [1.165, 1.54) is 0 Å². The van der Waals surface area contributed by atoms with Crippen LogP contribution in [0.1, 0.15) is 62.3 Å². The number of para-hydroxylation sites is 2. The van der Waals surface area contributed by atoms with Gasteiger partial charge in [-0.2, -0.15) is 0 Å². The topological polar surface area (TPSA) is 112 Å². The molecule has 0 unspecified atom stereocenters. The number of allylic oxidation sites excluding steroid dienone is 3. The Balaban J connectivity index is 1.44. The van der Waals surface area contributed by atoms with E-state index in [9.17, 15) is 24.0 Å². The Morgan fingerprint density at radius 1 is 0.818 bits per heavy atom. The first kappa shape index (κ1) is 29.0. The van der Waals surface area contributed by atoms with Crippen LogP contribution in [0.25, 0.3) is 28.9 Å². The maximum Gasteiger partial charge on any atom is 0.305 e. The highest BCUT2D eigenvalue weighted by Gasteiger charge is 2.41. The molecule has 0 aliphatic carbocycles. The van der Waals surface area contributed by atoms with Crippen LogP contribution in [0, 0.1) is 0 Å². The number of carbonyl (C=O) groups is 1. The first-order valence-electron chi connectivity index (χ1n) is 14.8. The zero-order valence-corrected chi connectivity index (χ0v) is 24.8. The fraction of sp³-hybridized carbons (Fsp3) is 0.250. The molecule has 0 spiro atoms. The Kier molecular flexibility index (Phi) is 7.16. The summed E-state index contributed by atoms with van der Waals surface area (Å²) < 4.78 is 0. The average Bonchev–Trinajstić information content (AvgIpc) is 3.24. The molecule has 2 aliphatic heterocycles. The van der Waals surface area contributed by atoms with E-state index in [0.717, 1.165) is 47.6 Å². The first-order chi connectivity index (χ1) is 21.1. The molecule has 0 fully saturated rings. The molecule has 4 aromatic carbocycles. The highest BCUT2D eigenvalue weighted by molar-refractivity contribution is 5.99. The van der Waals surface area contributed by atoms with Gasteiger partial charge in [0.25, 0.3) is 0 Å². The second kappa shape index (κ2) is 10.9. The highest BCUT2D eigenvalue weighted by Crippen LogP contribution is 2.48. The molecule has 0 amide bonds. The molecule has 0 radical (unpaired) electrons. The molecule has 6 rings (SSSR count). The van der Waals surface area contributed by atoms with Gasteiger partial charge in [0.2, 0.25) is 21.7 Å². The monoisotopic (exact) mass is 588 g/mol. The molecule has 8 heteroatoms. The molecule has 0 bridgehead atoms. The molecule has 0 saturated heterocycles. The Hall–Kier alpha value is -5.11. The van der Waals surface area contributed by atoms with E-state index < -0.39 is 33.1 Å². The van der Waals surface area contributed by atoms with Gasteiger partial charge < -0.3 is 14.9 Å². The summed E-state index contributed by atoms with van der Waals surface area (Å²) in [5.74, 6) is -0.914. The summed E-state index contributed by atoms with van der Waals surface area (Å²) in [6, 6.07) is 15.4. The number of unbranched alkanes of at least 4 members (excludes halogenated alkanes) is 1. The van der Waals surface area contributed by atoms with Crippen molar-refractivity contribution in [1.29, 1.82) is 0 Å². The average molecular weight is 589 g/mol. The number of rotatable bonds is 9. The summed E-state index contributed by atoms with van der Waals surface area (Å²) in [4.78, 5) is 67.1. The van der Waals surface area contributed by atoms with Crippen molar-refractivity contribution >= 4 is 35.1 Å². The molecule has 0 atom stereocenters. The summed E-state index contributed by atoms with van der Waals surface area (Å²) >= 11 is 0. The summed E-state index contributed by atoms with van der Waals surface area (Å²) in [6.07, 6.45) is 8.66. The Bertz CT molecular complexity index is 2060. The molecule has 44 heavy (non-hydrogen) atoms. The molecular weight excluding hydrogens is 556 g/mol. The predicted octanol–water partition coefficient (Wildman–Crippen LogP) is 4.83. The van der Waals surface area contributed by atoms with Gasteiger partial charge in [-0.1, -0.05) is 63.6 Å². The fourth-order valence-corrected chi connectivity index (χ4v) is 6.39. The van der Waals surface area contributed by atoms with Gasteiger partial charge in [-0.05, 0) is 47.9 Å². The lowest BCUT2D eigenvalue weighted by Crippen LogP contribution is -2.44. The Labute approximate surface area is 253 Å². The van der Waals surface area contributed by atoms with Crippen LogP contribution in [-0.4, -0.2) is 24.2 Å². The predicted molar refractivity (Wildman–Crippen MR) is 174 cm³/mol. The Morgan fingerprint density at radius 2 is 1.43 bits per heavy atom.